The molecule has 2 atom stereocenters. The largest absolute Gasteiger partial charge is 0.335 e. The Bertz CT molecular complexity index is 502. The Morgan fingerprint density at radius 1 is 1.29 bits per heavy atom. The van der Waals surface area contributed by atoms with Crippen molar-refractivity contribution < 1.29 is 4.79 Å². The third-order valence-corrected chi connectivity index (χ3v) is 4.82. The molecule has 114 valence electrons. The van der Waals surface area contributed by atoms with Gasteiger partial charge in [0.1, 0.15) is 5.15 Å². The van der Waals surface area contributed by atoms with Crippen molar-refractivity contribution in [3.05, 3.63) is 29.0 Å². The fourth-order valence-corrected chi connectivity index (χ4v) is 3.58. The lowest BCUT2D eigenvalue weighted by Crippen LogP contribution is -2.37. The Morgan fingerprint density at radius 2 is 2.10 bits per heavy atom. The Hall–Kier alpha value is -1.29. The van der Waals surface area contributed by atoms with Gasteiger partial charge in [0.2, 0.25) is 0 Å². The number of rotatable bonds is 4. The molecule has 2 aliphatic rings. The maximum Gasteiger partial charge on any atom is 0.315 e. The maximum absolute atomic E-state index is 11.9. The van der Waals surface area contributed by atoms with E-state index in [-0.39, 0.29) is 6.03 Å². The number of halogens is 1. The predicted octanol–water partition coefficient (Wildman–Crippen LogP) is 3.50. The SMILES string of the molecule is O=C(NCc1cccc(Cl)n1)N[C@@H]1C[C@H]1C1CCCCC1. The van der Waals surface area contributed by atoms with Gasteiger partial charge in [0, 0.05) is 6.04 Å². The molecular formula is C16H22ClN3O. The number of hydrogen-bond donors (Lipinski definition) is 2. The number of nitrogens with zero attached hydrogens (tertiary/aromatic N) is 1. The summed E-state index contributed by atoms with van der Waals surface area (Å²) in [4.78, 5) is 16.0. The van der Waals surface area contributed by atoms with Gasteiger partial charge in [-0.1, -0.05) is 49.8 Å². The second-order valence-corrected chi connectivity index (χ2v) is 6.57. The lowest BCUT2D eigenvalue weighted by atomic mass is 9.85. The summed E-state index contributed by atoms with van der Waals surface area (Å²) in [5.41, 5.74) is 0.775. The summed E-state index contributed by atoms with van der Waals surface area (Å²) in [6.45, 7) is 0.410. The number of pyridine rings is 1. The molecule has 4 nitrogen and oxygen atoms in total. The minimum absolute atomic E-state index is 0.0971. The van der Waals surface area contributed by atoms with E-state index < -0.39 is 0 Å². The molecule has 0 saturated heterocycles. The molecule has 0 radical (unpaired) electrons. The van der Waals surface area contributed by atoms with Crippen molar-refractivity contribution in [1.29, 1.82) is 0 Å². The van der Waals surface area contributed by atoms with Gasteiger partial charge < -0.3 is 10.6 Å². The van der Waals surface area contributed by atoms with E-state index in [1.54, 1.807) is 6.07 Å². The van der Waals surface area contributed by atoms with Crippen molar-refractivity contribution in [2.45, 2.75) is 51.1 Å². The number of urea groups is 1. The van der Waals surface area contributed by atoms with Crippen LogP contribution in [0.25, 0.3) is 0 Å². The molecular weight excluding hydrogens is 286 g/mol. The summed E-state index contributed by atoms with van der Waals surface area (Å²) in [6.07, 6.45) is 7.94. The Kier molecular flexibility index (Phi) is 4.63. The number of carbonyl (C=O) groups excluding carboxylic acids is 1. The molecule has 5 heteroatoms. The van der Waals surface area contributed by atoms with Crippen molar-refractivity contribution in [3.8, 4) is 0 Å². The molecule has 0 aliphatic heterocycles. The van der Waals surface area contributed by atoms with Crippen molar-refractivity contribution in [3.63, 3.8) is 0 Å². The molecule has 2 fully saturated rings. The second-order valence-electron chi connectivity index (χ2n) is 6.18. The highest BCUT2D eigenvalue weighted by atomic mass is 35.5. The topological polar surface area (TPSA) is 54.0 Å². The van der Waals surface area contributed by atoms with E-state index in [9.17, 15) is 4.79 Å². The van der Waals surface area contributed by atoms with Crippen molar-refractivity contribution in [1.82, 2.24) is 15.6 Å². The van der Waals surface area contributed by atoms with Crippen LogP contribution in [0, 0.1) is 11.8 Å². The first-order chi connectivity index (χ1) is 10.2. The smallest absolute Gasteiger partial charge is 0.315 e. The summed E-state index contributed by atoms with van der Waals surface area (Å²) >= 11 is 5.82. The van der Waals surface area contributed by atoms with Gasteiger partial charge in [-0.05, 0) is 30.4 Å². The van der Waals surface area contributed by atoms with Crippen LogP contribution in [0.3, 0.4) is 0 Å². The normalized spacial score (nSPS) is 25.4. The predicted molar refractivity (Wildman–Crippen MR) is 83.1 cm³/mol. The zero-order valence-corrected chi connectivity index (χ0v) is 12.9. The van der Waals surface area contributed by atoms with Gasteiger partial charge in [-0.25, -0.2) is 9.78 Å². The zero-order chi connectivity index (χ0) is 14.7. The van der Waals surface area contributed by atoms with Crippen LogP contribution in [0.15, 0.2) is 18.2 Å². The molecule has 21 heavy (non-hydrogen) atoms. The van der Waals surface area contributed by atoms with Crippen LogP contribution in [0.4, 0.5) is 4.79 Å². The molecule has 2 aliphatic carbocycles. The molecule has 0 spiro atoms. The molecule has 0 unspecified atom stereocenters. The first-order valence-electron chi connectivity index (χ1n) is 7.88. The van der Waals surface area contributed by atoms with Crippen LogP contribution in [-0.4, -0.2) is 17.1 Å². The molecule has 1 aromatic rings. The number of carbonyl (C=O) groups is 1. The molecule has 2 amide bonds. The van der Waals surface area contributed by atoms with Gasteiger partial charge in [0.25, 0.3) is 0 Å². The van der Waals surface area contributed by atoms with E-state index in [0.717, 1.165) is 18.0 Å². The molecule has 2 N–H and O–H groups in total. The average molecular weight is 308 g/mol. The monoisotopic (exact) mass is 307 g/mol. The molecule has 0 bridgehead atoms. The fraction of sp³-hybridized carbons (Fsp3) is 0.625. The third-order valence-electron chi connectivity index (χ3n) is 4.61. The maximum atomic E-state index is 11.9. The highest BCUT2D eigenvalue weighted by Crippen LogP contribution is 2.44. The summed E-state index contributed by atoms with van der Waals surface area (Å²) in [5.74, 6) is 1.54. The van der Waals surface area contributed by atoms with Gasteiger partial charge in [-0.2, -0.15) is 0 Å². The van der Waals surface area contributed by atoms with Gasteiger partial charge in [0.05, 0.1) is 12.2 Å². The van der Waals surface area contributed by atoms with Crippen molar-refractivity contribution >= 4 is 17.6 Å². The lowest BCUT2D eigenvalue weighted by Gasteiger charge is -2.21. The van der Waals surface area contributed by atoms with Gasteiger partial charge in [-0.15, -0.1) is 0 Å². The average Bonchev–Trinajstić information content (AvgIpc) is 3.25. The van der Waals surface area contributed by atoms with E-state index in [2.05, 4.69) is 15.6 Å². The Labute approximate surface area is 130 Å². The van der Waals surface area contributed by atoms with Gasteiger partial charge in [-0.3, -0.25) is 0 Å². The van der Waals surface area contributed by atoms with E-state index in [0.29, 0.717) is 23.7 Å². The molecule has 0 aromatic carbocycles. The van der Waals surface area contributed by atoms with Crippen LogP contribution in [0.2, 0.25) is 5.15 Å². The van der Waals surface area contributed by atoms with E-state index in [1.165, 1.54) is 32.1 Å². The molecule has 3 rings (SSSR count). The minimum Gasteiger partial charge on any atom is -0.335 e. The van der Waals surface area contributed by atoms with Gasteiger partial charge >= 0.3 is 6.03 Å². The van der Waals surface area contributed by atoms with E-state index in [4.69, 9.17) is 11.6 Å². The summed E-state index contributed by atoms with van der Waals surface area (Å²) in [7, 11) is 0. The lowest BCUT2D eigenvalue weighted by molar-refractivity contribution is 0.237. The number of hydrogen-bond acceptors (Lipinski definition) is 2. The van der Waals surface area contributed by atoms with Crippen LogP contribution in [0.5, 0.6) is 0 Å². The van der Waals surface area contributed by atoms with Crippen LogP contribution in [0.1, 0.15) is 44.2 Å². The Balaban J connectivity index is 1.39. The van der Waals surface area contributed by atoms with Gasteiger partial charge in [0.15, 0.2) is 0 Å². The standard InChI is InChI=1S/C16H22ClN3O/c17-15-8-4-7-12(19-15)10-18-16(21)20-14-9-13(14)11-5-2-1-3-6-11/h4,7-8,11,13-14H,1-3,5-6,9-10H2,(H2,18,20,21)/t13-,14+/m0/s1. The molecule has 1 aromatic heterocycles. The fourth-order valence-electron chi connectivity index (χ4n) is 3.40. The molecule has 2 saturated carbocycles. The minimum atomic E-state index is -0.0971. The van der Waals surface area contributed by atoms with E-state index in [1.807, 2.05) is 12.1 Å². The zero-order valence-electron chi connectivity index (χ0n) is 12.1. The summed E-state index contributed by atoms with van der Waals surface area (Å²) < 4.78 is 0. The third kappa shape index (κ3) is 4.10. The van der Waals surface area contributed by atoms with Crippen LogP contribution < -0.4 is 10.6 Å². The van der Waals surface area contributed by atoms with Crippen molar-refractivity contribution in [2.24, 2.45) is 11.8 Å². The van der Waals surface area contributed by atoms with Crippen LogP contribution in [-0.2, 0) is 6.54 Å². The summed E-state index contributed by atoms with van der Waals surface area (Å²) in [5, 5.41) is 6.38. The summed E-state index contributed by atoms with van der Waals surface area (Å²) in [6, 6.07) is 5.70. The second kappa shape index (κ2) is 6.65. The highest BCUT2D eigenvalue weighted by Gasteiger charge is 2.43. The number of aromatic nitrogens is 1. The number of nitrogens with one attached hydrogen (secondary N) is 2. The van der Waals surface area contributed by atoms with Crippen molar-refractivity contribution in [2.75, 3.05) is 0 Å². The quantitative estimate of drug-likeness (QED) is 0.836. The highest BCUT2D eigenvalue weighted by molar-refractivity contribution is 6.29. The van der Waals surface area contributed by atoms with E-state index >= 15 is 0 Å². The first-order valence-corrected chi connectivity index (χ1v) is 8.26. The number of amides is 2. The van der Waals surface area contributed by atoms with Crippen LogP contribution >= 0.6 is 11.6 Å². The first kappa shape index (κ1) is 14.6. The molecule has 1 heterocycles. The Morgan fingerprint density at radius 3 is 2.86 bits per heavy atom.